The lowest BCUT2D eigenvalue weighted by Gasteiger charge is -2.09. The summed E-state index contributed by atoms with van der Waals surface area (Å²) in [7, 11) is 1.87. The van der Waals surface area contributed by atoms with Crippen molar-refractivity contribution in [3.8, 4) is 5.75 Å². The predicted molar refractivity (Wildman–Crippen MR) is 64.6 cm³/mol. The van der Waals surface area contributed by atoms with Crippen molar-refractivity contribution in [1.29, 1.82) is 0 Å². The molecule has 0 saturated carbocycles. The van der Waals surface area contributed by atoms with E-state index >= 15 is 0 Å². The summed E-state index contributed by atoms with van der Waals surface area (Å²) in [6.07, 6.45) is 0. The highest BCUT2D eigenvalue weighted by atomic mass is 16.3. The Morgan fingerprint density at radius 2 is 1.87 bits per heavy atom. The van der Waals surface area contributed by atoms with Crippen LogP contribution in [0.25, 0.3) is 10.8 Å². The van der Waals surface area contributed by atoms with Crippen LogP contribution >= 0.6 is 0 Å². The van der Waals surface area contributed by atoms with Crippen LogP contribution in [-0.2, 0) is 0 Å². The number of anilines is 1. The van der Waals surface area contributed by atoms with E-state index in [2.05, 4.69) is 11.4 Å². The molecule has 0 radical (unpaired) electrons. The smallest absolute Gasteiger partial charge is 0.126 e. The number of phenols is 1. The molecule has 78 valence electrons. The van der Waals surface area contributed by atoms with Gasteiger partial charge < -0.3 is 10.4 Å². The zero-order chi connectivity index (χ0) is 11.0. The Morgan fingerprint density at radius 1 is 1.13 bits per heavy atom. The Morgan fingerprint density at radius 3 is 2.53 bits per heavy atom. The van der Waals surface area contributed by atoms with E-state index < -0.39 is 0 Å². The lowest BCUT2D eigenvalue weighted by atomic mass is 10.0. The quantitative estimate of drug-likeness (QED) is 0.742. The summed E-state index contributed by atoms with van der Waals surface area (Å²) in [6.45, 7) is 3.95. The summed E-state index contributed by atoms with van der Waals surface area (Å²) in [5.74, 6) is 0.391. The van der Waals surface area contributed by atoms with Gasteiger partial charge in [0.25, 0.3) is 0 Å². The maximum Gasteiger partial charge on any atom is 0.126 e. The maximum absolute atomic E-state index is 10.0. The van der Waals surface area contributed by atoms with Crippen LogP contribution in [0.1, 0.15) is 11.1 Å². The zero-order valence-corrected chi connectivity index (χ0v) is 9.26. The topological polar surface area (TPSA) is 32.3 Å². The molecule has 2 rings (SSSR count). The van der Waals surface area contributed by atoms with Crippen molar-refractivity contribution in [2.45, 2.75) is 13.8 Å². The molecule has 0 atom stereocenters. The molecule has 2 N–H and O–H groups in total. The highest BCUT2D eigenvalue weighted by Gasteiger charge is 2.06. The monoisotopic (exact) mass is 201 g/mol. The normalized spacial score (nSPS) is 10.6. The lowest BCUT2D eigenvalue weighted by Crippen LogP contribution is -1.89. The Kier molecular flexibility index (Phi) is 2.27. The van der Waals surface area contributed by atoms with Crippen molar-refractivity contribution in [3.63, 3.8) is 0 Å². The van der Waals surface area contributed by atoms with Crippen LogP contribution in [-0.4, -0.2) is 12.2 Å². The van der Waals surface area contributed by atoms with Gasteiger partial charge in [-0.3, -0.25) is 0 Å². The molecule has 0 aliphatic heterocycles. The highest BCUT2D eigenvalue weighted by Crippen LogP contribution is 2.32. The van der Waals surface area contributed by atoms with E-state index in [-0.39, 0.29) is 0 Å². The molecule has 2 nitrogen and oxygen atoms in total. The predicted octanol–water partition coefficient (Wildman–Crippen LogP) is 3.20. The molecule has 0 saturated heterocycles. The van der Waals surface area contributed by atoms with E-state index in [1.807, 2.05) is 39.1 Å². The van der Waals surface area contributed by atoms with E-state index in [0.717, 1.165) is 27.6 Å². The average Bonchev–Trinajstić information content (AvgIpc) is 2.26. The second-order valence-electron chi connectivity index (χ2n) is 3.85. The first kappa shape index (κ1) is 9.84. The van der Waals surface area contributed by atoms with Crippen LogP contribution in [0.4, 0.5) is 5.69 Å². The maximum atomic E-state index is 10.0. The van der Waals surface area contributed by atoms with Gasteiger partial charge >= 0.3 is 0 Å². The van der Waals surface area contributed by atoms with E-state index in [9.17, 15) is 5.11 Å². The first-order chi connectivity index (χ1) is 7.13. The summed E-state index contributed by atoms with van der Waals surface area (Å²) in [6, 6.07) is 8.10. The number of aryl methyl sites for hydroxylation is 1. The average molecular weight is 201 g/mol. The number of hydrogen-bond acceptors (Lipinski definition) is 2. The molecule has 0 spiro atoms. The molecule has 2 aromatic rings. The molecule has 0 aliphatic carbocycles. The molecule has 0 amide bonds. The Labute approximate surface area is 89.6 Å². The standard InChI is InChI=1S/C13H15NO/c1-8-6-10-4-5-11(14-3)7-12(10)13(15)9(8)2/h4-7,14-15H,1-3H3. The third-order valence-corrected chi connectivity index (χ3v) is 2.92. The second kappa shape index (κ2) is 3.46. The summed E-state index contributed by atoms with van der Waals surface area (Å²) < 4.78 is 0. The third-order valence-electron chi connectivity index (χ3n) is 2.92. The molecular weight excluding hydrogens is 186 g/mol. The van der Waals surface area contributed by atoms with E-state index in [1.165, 1.54) is 0 Å². The lowest BCUT2D eigenvalue weighted by molar-refractivity contribution is 0.477. The van der Waals surface area contributed by atoms with Crippen molar-refractivity contribution >= 4 is 16.5 Å². The molecule has 2 aromatic carbocycles. The molecule has 0 aromatic heterocycles. The fourth-order valence-corrected chi connectivity index (χ4v) is 1.77. The molecular formula is C13H15NO. The van der Waals surface area contributed by atoms with Crippen LogP contribution < -0.4 is 5.32 Å². The Balaban J connectivity index is 2.81. The first-order valence-electron chi connectivity index (χ1n) is 5.04. The van der Waals surface area contributed by atoms with Crippen LogP contribution in [0.3, 0.4) is 0 Å². The number of aromatic hydroxyl groups is 1. The van der Waals surface area contributed by atoms with Gasteiger partial charge in [-0.15, -0.1) is 0 Å². The minimum atomic E-state index is 0.391. The fraction of sp³-hybridized carbons (Fsp3) is 0.231. The first-order valence-corrected chi connectivity index (χ1v) is 5.04. The van der Waals surface area contributed by atoms with E-state index in [1.54, 1.807) is 0 Å². The third kappa shape index (κ3) is 1.52. The molecule has 0 bridgehead atoms. The number of rotatable bonds is 1. The van der Waals surface area contributed by atoms with Gasteiger partial charge in [-0.1, -0.05) is 12.1 Å². The van der Waals surface area contributed by atoms with Gasteiger partial charge in [0.05, 0.1) is 0 Å². The Hall–Kier alpha value is -1.70. The minimum Gasteiger partial charge on any atom is -0.507 e. The van der Waals surface area contributed by atoms with Crippen LogP contribution in [0.15, 0.2) is 24.3 Å². The van der Waals surface area contributed by atoms with Gasteiger partial charge in [-0.25, -0.2) is 0 Å². The minimum absolute atomic E-state index is 0.391. The van der Waals surface area contributed by atoms with Gasteiger partial charge in [0.2, 0.25) is 0 Å². The fourth-order valence-electron chi connectivity index (χ4n) is 1.77. The van der Waals surface area contributed by atoms with Crippen LogP contribution in [0, 0.1) is 13.8 Å². The van der Waals surface area contributed by atoms with Crippen molar-refractivity contribution in [2.24, 2.45) is 0 Å². The number of benzene rings is 2. The Bertz CT molecular complexity index is 517. The molecule has 0 unspecified atom stereocenters. The van der Waals surface area contributed by atoms with Gasteiger partial charge in [0.1, 0.15) is 5.75 Å². The van der Waals surface area contributed by atoms with Crippen molar-refractivity contribution in [2.75, 3.05) is 12.4 Å². The van der Waals surface area contributed by atoms with Crippen LogP contribution in [0.2, 0.25) is 0 Å². The molecule has 0 heterocycles. The SMILES string of the molecule is CNc1ccc2cc(C)c(C)c(O)c2c1. The van der Waals surface area contributed by atoms with Crippen molar-refractivity contribution in [1.82, 2.24) is 0 Å². The van der Waals surface area contributed by atoms with Crippen molar-refractivity contribution < 1.29 is 5.11 Å². The van der Waals surface area contributed by atoms with Gasteiger partial charge in [0.15, 0.2) is 0 Å². The molecule has 0 aliphatic rings. The van der Waals surface area contributed by atoms with Gasteiger partial charge in [-0.05, 0) is 42.5 Å². The zero-order valence-electron chi connectivity index (χ0n) is 9.26. The summed E-state index contributed by atoms with van der Waals surface area (Å²) in [4.78, 5) is 0. The van der Waals surface area contributed by atoms with Gasteiger partial charge in [0, 0.05) is 18.1 Å². The summed E-state index contributed by atoms with van der Waals surface area (Å²) in [5, 5.41) is 15.1. The second-order valence-corrected chi connectivity index (χ2v) is 3.85. The van der Waals surface area contributed by atoms with Crippen molar-refractivity contribution in [3.05, 3.63) is 35.4 Å². The number of hydrogen-bond donors (Lipinski definition) is 2. The number of phenolic OH excluding ortho intramolecular Hbond substituents is 1. The van der Waals surface area contributed by atoms with Crippen LogP contribution in [0.5, 0.6) is 5.75 Å². The van der Waals surface area contributed by atoms with E-state index in [0.29, 0.717) is 5.75 Å². The van der Waals surface area contributed by atoms with E-state index in [4.69, 9.17) is 0 Å². The molecule has 0 fully saturated rings. The summed E-state index contributed by atoms with van der Waals surface area (Å²) in [5.41, 5.74) is 3.09. The highest BCUT2D eigenvalue weighted by molar-refractivity contribution is 5.92. The largest absolute Gasteiger partial charge is 0.507 e. The number of fused-ring (bicyclic) bond motifs is 1. The summed E-state index contributed by atoms with van der Waals surface area (Å²) >= 11 is 0. The number of nitrogens with one attached hydrogen (secondary N) is 1. The molecule has 15 heavy (non-hydrogen) atoms. The molecule has 2 heteroatoms. The van der Waals surface area contributed by atoms with Gasteiger partial charge in [-0.2, -0.15) is 0 Å².